The number of anilines is 1. The number of hydrogen-bond acceptors (Lipinski definition) is 4. The first kappa shape index (κ1) is 16.4. The summed E-state index contributed by atoms with van der Waals surface area (Å²) in [6.07, 6.45) is 3.31. The number of nitrogens with zero attached hydrogens (tertiary/aromatic N) is 1. The fourth-order valence-electron chi connectivity index (χ4n) is 2.71. The topological polar surface area (TPSA) is 75.4 Å². The lowest BCUT2D eigenvalue weighted by Crippen LogP contribution is -2.45. The van der Waals surface area contributed by atoms with Gasteiger partial charge in [0.15, 0.2) is 0 Å². The van der Waals surface area contributed by atoms with Crippen molar-refractivity contribution < 1.29 is 14.4 Å². The van der Waals surface area contributed by atoms with E-state index in [0.717, 1.165) is 31.7 Å². The van der Waals surface area contributed by atoms with Gasteiger partial charge >= 0.3 is 0 Å². The average molecular weight is 408 g/mol. The Hall–Kier alpha value is -0.960. The van der Waals surface area contributed by atoms with E-state index in [1.165, 1.54) is 6.07 Å². The number of nitro benzene ring substituents is 1. The second-order valence-electron chi connectivity index (χ2n) is 5.79. The molecule has 0 aliphatic heterocycles. The molecule has 5 nitrogen and oxygen atoms in total. The lowest BCUT2D eigenvalue weighted by atomic mass is 9.77. The van der Waals surface area contributed by atoms with Gasteiger partial charge in [0.05, 0.1) is 20.6 Å². The third-order valence-corrected chi connectivity index (χ3v) is 5.00. The Bertz CT molecular complexity index is 545. The molecule has 0 bridgehead atoms. The zero-order chi connectivity index (χ0) is 15.6. The molecule has 2 N–H and O–H groups in total. The van der Waals surface area contributed by atoms with Crippen LogP contribution in [0.1, 0.15) is 32.6 Å². The predicted molar refractivity (Wildman–Crippen MR) is 86.8 cm³/mol. The van der Waals surface area contributed by atoms with Gasteiger partial charge in [0.25, 0.3) is 5.69 Å². The molecule has 0 atom stereocenters. The van der Waals surface area contributed by atoms with Gasteiger partial charge in [0, 0.05) is 12.1 Å². The van der Waals surface area contributed by atoms with Crippen molar-refractivity contribution in [1.29, 1.82) is 0 Å². The predicted octanol–water partition coefficient (Wildman–Crippen LogP) is 3.69. The molecule has 7 heteroatoms. The van der Waals surface area contributed by atoms with Crippen LogP contribution in [0.4, 0.5) is 15.8 Å². The van der Waals surface area contributed by atoms with Gasteiger partial charge in [-0.3, -0.25) is 10.1 Å². The van der Waals surface area contributed by atoms with Crippen LogP contribution in [0.25, 0.3) is 0 Å². The van der Waals surface area contributed by atoms with Crippen LogP contribution in [0.3, 0.4) is 0 Å². The Kier molecular flexibility index (Phi) is 5.03. The summed E-state index contributed by atoms with van der Waals surface area (Å²) >= 11 is 1.73. The Balaban J connectivity index is 2.33. The summed E-state index contributed by atoms with van der Waals surface area (Å²) < 4.78 is 13.9. The van der Waals surface area contributed by atoms with E-state index in [4.69, 9.17) is 0 Å². The number of nitrogens with one attached hydrogen (secondary N) is 1. The highest BCUT2D eigenvalue weighted by Gasteiger charge is 2.35. The minimum Gasteiger partial charge on any atom is -0.394 e. The molecule has 1 aliphatic rings. The van der Waals surface area contributed by atoms with Crippen LogP contribution in [0.15, 0.2) is 12.1 Å². The molecule has 2 rings (SSSR count). The van der Waals surface area contributed by atoms with Gasteiger partial charge in [-0.05, 0) is 54.2 Å². The first-order chi connectivity index (χ1) is 9.87. The van der Waals surface area contributed by atoms with Crippen molar-refractivity contribution in [3.8, 4) is 0 Å². The number of halogens is 2. The molecule has 21 heavy (non-hydrogen) atoms. The van der Waals surface area contributed by atoms with Gasteiger partial charge < -0.3 is 10.4 Å². The maximum Gasteiger partial charge on any atom is 0.293 e. The maximum atomic E-state index is 13.7. The van der Waals surface area contributed by atoms with Crippen molar-refractivity contribution >= 4 is 34.0 Å². The van der Waals surface area contributed by atoms with E-state index in [0.29, 0.717) is 5.92 Å². The first-order valence-electron chi connectivity index (χ1n) is 6.89. The summed E-state index contributed by atoms with van der Waals surface area (Å²) in [7, 11) is 0. The summed E-state index contributed by atoms with van der Waals surface area (Å²) in [5, 5.41) is 23.9. The number of rotatable bonds is 4. The zero-order valence-electron chi connectivity index (χ0n) is 11.7. The molecule has 116 valence electrons. The van der Waals surface area contributed by atoms with E-state index < -0.39 is 16.3 Å². The Morgan fingerprint density at radius 2 is 2.14 bits per heavy atom. The van der Waals surface area contributed by atoms with E-state index in [-0.39, 0.29) is 21.6 Å². The van der Waals surface area contributed by atoms with Gasteiger partial charge in [-0.15, -0.1) is 0 Å². The van der Waals surface area contributed by atoms with Gasteiger partial charge in [0.2, 0.25) is 0 Å². The molecule has 1 aliphatic carbocycles. The maximum absolute atomic E-state index is 13.7. The Labute approximate surface area is 136 Å². The number of nitro groups is 1. The van der Waals surface area contributed by atoms with Crippen LogP contribution >= 0.6 is 22.6 Å². The van der Waals surface area contributed by atoms with Crippen molar-refractivity contribution in [2.45, 2.75) is 38.1 Å². The Morgan fingerprint density at radius 1 is 1.52 bits per heavy atom. The van der Waals surface area contributed by atoms with Gasteiger partial charge in [0.1, 0.15) is 11.5 Å². The summed E-state index contributed by atoms with van der Waals surface area (Å²) in [6.45, 7) is 2.03. The van der Waals surface area contributed by atoms with Crippen LogP contribution in [-0.2, 0) is 0 Å². The average Bonchev–Trinajstić information content (AvgIpc) is 2.45. The largest absolute Gasteiger partial charge is 0.394 e. The molecule has 1 fully saturated rings. The lowest BCUT2D eigenvalue weighted by Gasteiger charge is -2.39. The molecule has 1 saturated carbocycles. The van der Waals surface area contributed by atoms with Crippen LogP contribution in [0, 0.1) is 25.4 Å². The smallest absolute Gasteiger partial charge is 0.293 e. The molecule has 0 aromatic heterocycles. The monoisotopic (exact) mass is 408 g/mol. The zero-order valence-corrected chi connectivity index (χ0v) is 13.9. The van der Waals surface area contributed by atoms with Gasteiger partial charge in [-0.2, -0.15) is 0 Å². The van der Waals surface area contributed by atoms with E-state index in [1.54, 1.807) is 22.6 Å². The molecule has 0 amide bonds. The van der Waals surface area contributed by atoms with Crippen molar-refractivity contribution in [3.63, 3.8) is 0 Å². The van der Waals surface area contributed by atoms with Crippen LogP contribution in [0.2, 0.25) is 0 Å². The summed E-state index contributed by atoms with van der Waals surface area (Å²) in [5.41, 5.74) is -0.620. The van der Waals surface area contributed by atoms with Crippen molar-refractivity contribution in [2.24, 2.45) is 5.92 Å². The van der Waals surface area contributed by atoms with E-state index in [2.05, 4.69) is 12.2 Å². The standard InChI is InChI=1S/C14H18FIN2O3/c1-9-2-4-14(8-19,5-3-9)17-12-6-10(15)11(16)7-13(12)18(20)21/h6-7,9,17,19H,2-5,8H2,1H3. The third kappa shape index (κ3) is 3.63. The highest BCUT2D eigenvalue weighted by Crippen LogP contribution is 2.37. The molecule has 0 unspecified atom stereocenters. The summed E-state index contributed by atoms with van der Waals surface area (Å²) in [4.78, 5) is 10.6. The molecule has 0 heterocycles. The van der Waals surface area contributed by atoms with Crippen LogP contribution < -0.4 is 5.32 Å². The number of aliphatic hydroxyl groups excluding tert-OH is 1. The van der Waals surface area contributed by atoms with E-state index >= 15 is 0 Å². The fourth-order valence-corrected chi connectivity index (χ4v) is 3.16. The Morgan fingerprint density at radius 3 is 2.67 bits per heavy atom. The second kappa shape index (κ2) is 6.43. The van der Waals surface area contributed by atoms with E-state index in [1.807, 2.05) is 0 Å². The van der Waals surface area contributed by atoms with Crippen molar-refractivity contribution in [3.05, 3.63) is 31.6 Å². The van der Waals surface area contributed by atoms with Crippen LogP contribution in [-0.4, -0.2) is 22.2 Å². The first-order valence-corrected chi connectivity index (χ1v) is 7.97. The molecule has 1 aromatic rings. The normalized spacial score (nSPS) is 25.6. The minimum atomic E-state index is -0.601. The van der Waals surface area contributed by atoms with Crippen LogP contribution in [0.5, 0.6) is 0 Å². The summed E-state index contributed by atoms with van der Waals surface area (Å²) in [6, 6.07) is 2.37. The lowest BCUT2D eigenvalue weighted by molar-refractivity contribution is -0.384. The quantitative estimate of drug-likeness (QED) is 0.453. The van der Waals surface area contributed by atoms with Crippen molar-refractivity contribution in [2.75, 3.05) is 11.9 Å². The third-order valence-electron chi connectivity index (χ3n) is 4.17. The number of hydrogen-bond donors (Lipinski definition) is 2. The highest BCUT2D eigenvalue weighted by atomic mass is 127. The molecular weight excluding hydrogens is 390 g/mol. The van der Waals surface area contributed by atoms with Crippen molar-refractivity contribution in [1.82, 2.24) is 0 Å². The fraction of sp³-hybridized carbons (Fsp3) is 0.571. The van der Waals surface area contributed by atoms with E-state index in [9.17, 15) is 19.6 Å². The number of aliphatic hydroxyl groups is 1. The SMILES string of the molecule is CC1CCC(CO)(Nc2cc(F)c(I)cc2[N+](=O)[O-])CC1. The summed E-state index contributed by atoms with van der Waals surface area (Å²) in [5.74, 6) is 0.0795. The highest BCUT2D eigenvalue weighted by molar-refractivity contribution is 14.1. The second-order valence-corrected chi connectivity index (χ2v) is 6.95. The minimum absolute atomic E-state index is 0.121. The molecule has 0 radical (unpaired) electrons. The molecule has 1 aromatic carbocycles. The van der Waals surface area contributed by atoms with Gasteiger partial charge in [-0.1, -0.05) is 6.92 Å². The number of benzene rings is 1. The molecule has 0 saturated heterocycles. The van der Waals surface area contributed by atoms with Gasteiger partial charge in [-0.25, -0.2) is 4.39 Å². The molecular formula is C14H18FIN2O3. The molecule has 0 spiro atoms.